The molecule has 4 nitrogen and oxygen atoms in total. The molecule has 2 aliphatic rings. The molecule has 21 heavy (non-hydrogen) atoms. The quantitative estimate of drug-likeness (QED) is 0.925. The van der Waals surface area contributed by atoms with Crippen LogP contribution in [0.2, 0.25) is 0 Å². The number of hydrogen-bond donors (Lipinski definition) is 1. The monoisotopic (exact) mass is 290 g/mol. The zero-order valence-corrected chi connectivity index (χ0v) is 13.1. The lowest BCUT2D eigenvalue weighted by atomic mass is 9.72. The molecule has 1 saturated carbocycles. The number of piperidine rings is 1. The van der Waals surface area contributed by atoms with E-state index in [2.05, 4.69) is 18.0 Å². The molecule has 1 aromatic rings. The largest absolute Gasteiger partial charge is 0.493 e. The minimum Gasteiger partial charge on any atom is -0.493 e. The van der Waals surface area contributed by atoms with Crippen molar-refractivity contribution >= 4 is 0 Å². The number of rotatable bonds is 4. The summed E-state index contributed by atoms with van der Waals surface area (Å²) in [5.41, 5.74) is 7.42. The summed E-state index contributed by atoms with van der Waals surface area (Å²) >= 11 is 0. The topological polar surface area (TPSA) is 47.7 Å². The van der Waals surface area contributed by atoms with Gasteiger partial charge in [0.2, 0.25) is 0 Å². The Labute approximate surface area is 127 Å². The van der Waals surface area contributed by atoms with Gasteiger partial charge in [0, 0.05) is 17.6 Å². The van der Waals surface area contributed by atoms with Gasteiger partial charge in [-0.1, -0.05) is 12.1 Å². The van der Waals surface area contributed by atoms with Crippen LogP contribution >= 0.6 is 0 Å². The third kappa shape index (κ3) is 2.87. The van der Waals surface area contributed by atoms with Gasteiger partial charge in [-0.2, -0.15) is 0 Å². The molecule has 1 saturated heterocycles. The second-order valence-corrected chi connectivity index (χ2v) is 6.49. The number of nitrogens with zero attached hydrogens (tertiary/aromatic N) is 1. The minimum atomic E-state index is -0.232. The lowest BCUT2D eigenvalue weighted by molar-refractivity contribution is 0.0967. The van der Waals surface area contributed by atoms with Gasteiger partial charge >= 0.3 is 0 Å². The fraction of sp³-hybridized carbons (Fsp3) is 0.647. The summed E-state index contributed by atoms with van der Waals surface area (Å²) in [5.74, 6) is 1.67. The average molecular weight is 290 g/mol. The van der Waals surface area contributed by atoms with Crippen molar-refractivity contribution in [3.05, 3.63) is 23.8 Å². The van der Waals surface area contributed by atoms with E-state index < -0.39 is 0 Å². The number of methoxy groups -OCH3 is 1. The minimum absolute atomic E-state index is 0.225. The number of benzene rings is 1. The molecule has 0 spiro atoms. The van der Waals surface area contributed by atoms with Crippen LogP contribution in [0.3, 0.4) is 0 Å². The third-order valence-corrected chi connectivity index (χ3v) is 4.85. The lowest BCUT2D eigenvalue weighted by Gasteiger charge is -2.40. The Morgan fingerprint density at radius 2 is 2.10 bits per heavy atom. The van der Waals surface area contributed by atoms with E-state index in [9.17, 15) is 0 Å². The molecule has 2 fully saturated rings. The van der Waals surface area contributed by atoms with Crippen molar-refractivity contribution in [2.45, 2.75) is 43.7 Å². The predicted molar refractivity (Wildman–Crippen MR) is 83.9 cm³/mol. The molecule has 3 rings (SSSR count). The smallest absolute Gasteiger partial charge is 0.166 e. The first-order valence-electron chi connectivity index (χ1n) is 7.94. The Morgan fingerprint density at radius 3 is 2.71 bits per heavy atom. The van der Waals surface area contributed by atoms with Crippen LogP contribution < -0.4 is 15.2 Å². The van der Waals surface area contributed by atoms with E-state index >= 15 is 0 Å². The third-order valence-electron chi connectivity index (χ3n) is 4.85. The van der Waals surface area contributed by atoms with Gasteiger partial charge in [-0.05, 0) is 51.8 Å². The van der Waals surface area contributed by atoms with Crippen LogP contribution in [0.5, 0.6) is 11.5 Å². The van der Waals surface area contributed by atoms with E-state index in [1.54, 1.807) is 7.11 Å². The molecule has 1 aliphatic heterocycles. The van der Waals surface area contributed by atoms with E-state index in [4.69, 9.17) is 15.2 Å². The van der Waals surface area contributed by atoms with Crippen LogP contribution in [-0.2, 0) is 5.54 Å². The van der Waals surface area contributed by atoms with E-state index in [1.165, 1.54) is 12.8 Å². The molecule has 1 heterocycles. The Bertz CT molecular complexity index is 500. The standard InChI is InChI=1S/C17H26N2O2/c1-19-11-4-6-13(12-19)21-16-14(17(18)9-5-10-17)7-3-8-15(16)20-2/h3,7-8,13H,4-6,9-12,18H2,1-2H3. The highest BCUT2D eigenvalue weighted by Crippen LogP contribution is 2.46. The van der Waals surface area contributed by atoms with E-state index in [1.807, 2.05) is 12.1 Å². The highest BCUT2D eigenvalue weighted by molar-refractivity contribution is 5.50. The van der Waals surface area contributed by atoms with Crippen LogP contribution in [0, 0.1) is 0 Å². The molecular weight excluding hydrogens is 264 g/mol. The highest BCUT2D eigenvalue weighted by Gasteiger charge is 2.38. The summed E-state index contributed by atoms with van der Waals surface area (Å²) in [6, 6.07) is 6.08. The number of nitrogens with two attached hydrogens (primary N) is 1. The van der Waals surface area contributed by atoms with E-state index in [-0.39, 0.29) is 11.6 Å². The summed E-state index contributed by atoms with van der Waals surface area (Å²) < 4.78 is 11.9. The van der Waals surface area contributed by atoms with Crippen molar-refractivity contribution in [3.8, 4) is 11.5 Å². The first-order chi connectivity index (χ1) is 10.1. The zero-order valence-electron chi connectivity index (χ0n) is 13.1. The molecular formula is C17H26N2O2. The summed E-state index contributed by atoms with van der Waals surface area (Å²) in [5, 5.41) is 0. The number of hydrogen-bond acceptors (Lipinski definition) is 4. The number of para-hydroxylation sites is 1. The van der Waals surface area contributed by atoms with Crippen LogP contribution in [0.25, 0.3) is 0 Å². The summed E-state index contributed by atoms with van der Waals surface area (Å²) in [7, 11) is 3.85. The normalized spacial score (nSPS) is 25.2. The Hall–Kier alpha value is -1.26. The molecule has 1 aromatic carbocycles. The molecule has 116 valence electrons. The lowest BCUT2D eigenvalue weighted by Crippen LogP contribution is -2.44. The second kappa shape index (κ2) is 5.85. The molecule has 0 bridgehead atoms. The van der Waals surface area contributed by atoms with Gasteiger partial charge in [-0.15, -0.1) is 0 Å². The SMILES string of the molecule is COc1cccc(C2(N)CCC2)c1OC1CCCN(C)C1. The van der Waals surface area contributed by atoms with Crippen molar-refractivity contribution in [1.29, 1.82) is 0 Å². The van der Waals surface area contributed by atoms with Gasteiger partial charge in [-0.3, -0.25) is 0 Å². The summed E-state index contributed by atoms with van der Waals surface area (Å²) in [6.07, 6.45) is 5.75. The molecule has 0 aromatic heterocycles. The maximum Gasteiger partial charge on any atom is 0.166 e. The molecule has 0 radical (unpaired) electrons. The fourth-order valence-corrected chi connectivity index (χ4v) is 3.40. The molecule has 0 amide bonds. The molecule has 2 N–H and O–H groups in total. The molecule has 1 aliphatic carbocycles. The van der Waals surface area contributed by atoms with Crippen LogP contribution in [0.4, 0.5) is 0 Å². The molecule has 4 heteroatoms. The van der Waals surface area contributed by atoms with Crippen molar-refractivity contribution < 1.29 is 9.47 Å². The average Bonchev–Trinajstić information content (AvgIpc) is 2.45. The Kier molecular flexibility index (Phi) is 4.09. The van der Waals surface area contributed by atoms with Crippen LogP contribution in [-0.4, -0.2) is 38.3 Å². The summed E-state index contributed by atoms with van der Waals surface area (Å²) in [4.78, 5) is 2.32. The second-order valence-electron chi connectivity index (χ2n) is 6.49. The van der Waals surface area contributed by atoms with Gasteiger partial charge in [0.15, 0.2) is 11.5 Å². The maximum atomic E-state index is 6.53. The summed E-state index contributed by atoms with van der Waals surface area (Å²) in [6.45, 7) is 2.12. The Morgan fingerprint density at radius 1 is 1.29 bits per heavy atom. The number of ether oxygens (including phenoxy) is 2. The molecule has 1 unspecified atom stereocenters. The fourth-order valence-electron chi connectivity index (χ4n) is 3.40. The van der Waals surface area contributed by atoms with Crippen molar-refractivity contribution in [2.75, 3.05) is 27.2 Å². The van der Waals surface area contributed by atoms with Gasteiger partial charge in [0.1, 0.15) is 6.10 Å². The molecule has 1 atom stereocenters. The highest BCUT2D eigenvalue weighted by atomic mass is 16.5. The van der Waals surface area contributed by atoms with Gasteiger partial charge in [-0.25, -0.2) is 0 Å². The number of likely N-dealkylation sites (tertiary alicyclic amines) is 1. The zero-order chi connectivity index (χ0) is 14.9. The van der Waals surface area contributed by atoms with E-state index in [0.29, 0.717) is 0 Å². The first-order valence-corrected chi connectivity index (χ1v) is 7.94. The number of likely N-dealkylation sites (N-methyl/N-ethyl adjacent to an activating group) is 1. The van der Waals surface area contributed by atoms with Crippen molar-refractivity contribution in [3.63, 3.8) is 0 Å². The van der Waals surface area contributed by atoms with Gasteiger partial charge in [0.05, 0.1) is 7.11 Å². The van der Waals surface area contributed by atoms with Gasteiger partial charge < -0.3 is 20.1 Å². The van der Waals surface area contributed by atoms with Gasteiger partial charge in [0.25, 0.3) is 0 Å². The van der Waals surface area contributed by atoms with Crippen molar-refractivity contribution in [2.24, 2.45) is 5.73 Å². The van der Waals surface area contributed by atoms with Crippen LogP contribution in [0.15, 0.2) is 18.2 Å². The van der Waals surface area contributed by atoms with Crippen molar-refractivity contribution in [1.82, 2.24) is 4.90 Å². The van der Waals surface area contributed by atoms with E-state index in [0.717, 1.165) is 49.4 Å². The Balaban J connectivity index is 1.88. The first kappa shape index (κ1) is 14.7. The van der Waals surface area contributed by atoms with Crippen LogP contribution in [0.1, 0.15) is 37.7 Å². The maximum absolute atomic E-state index is 6.53. The predicted octanol–water partition coefficient (Wildman–Crippen LogP) is 2.51.